The van der Waals surface area contributed by atoms with Crippen LogP contribution in [0.2, 0.25) is 0 Å². The summed E-state index contributed by atoms with van der Waals surface area (Å²) in [5.74, 6) is 0.258. The van der Waals surface area contributed by atoms with E-state index in [4.69, 9.17) is 4.42 Å². The van der Waals surface area contributed by atoms with E-state index in [-0.39, 0.29) is 11.9 Å². The van der Waals surface area contributed by atoms with Gasteiger partial charge in [-0.3, -0.25) is 4.79 Å². The molecule has 0 aliphatic carbocycles. The predicted molar refractivity (Wildman–Crippen MR) is 67.4 cm³/mol. The number of likely N-dealkylation sites (tertiary alicyclic amines) is 1. The quantitative estimate of drug-likeness (QED) is 0.861. The lowest BCUT2D eigenvalue weighted by Gasteiger charge is -2.26. The number of nitrogens with zero attached hydrogens (tertiary/aromatic N) is 2. The summed E-state index contributed by atoms with van der Waals surface area (Å²) in [5, 5.41) is 9.76. The van der Waals surface area contributed by atoms with E-state index in [1.165, 1.54) is 6.26 Å². The molecule has 0 radical (unpaired) electrons. The smallest absolute Gasteiger partial charge is 0.290 e. The Kier molecular flexibility index (Phi) is 3.73. The van der Waals surface area contributed by atoms with Gasteiger partial charge in [0.25, 0.3) is 5.91 Å². The maximum absolute atomic E-state index is 12.4. The van der Waals surface area contributed by atoms with Gasteiger partial charge in [0, 0.05) is 24.7 Å². The molecular weight excluding hydrogens is 232 g/mol. The van der Waals surface area contributed by atoms with E-state index in [1.807, 2.05) is 25.9 Å². The van der Waals surface area contributed by atoms with Gasteiger partial charge in [-0.15, -0.1) is 0 Å². The van der Waals surface area contributed by atoms with Gasteiger partial charge in [0.05, 0.1) is 12.4 Å². The van der Waals surface area contributed by atoms with Crippen molar-refractivity contribution < 1.29 is 14.3 Å². The van der Waals surface area contributed by atoms with Gasteiger partial charge in [-0.05, 0) is 33.5 Å². The van der Waals surface area contributed by atoms with Crippen molar-refractivity contribution in [3.63, 3.8) is 0 Å². The van der Waals surface area contributed by atoms with Crippen LogP contribution in [0.25, 0.3) is 0 Å². The molecule has 0 bridgehead atoms. The number of aliphatic hydroxyl groups is 1. The first kappa shape index (κ1) is 13.1. The fourth-order valence-corrected chi connectivity index (χ4v) is 2.46. The lowest BCUT2D eigenvalue weighted by molar-refractivity contribution is 0.0666. The van der Waals surface area contributed by atoms with E-state index < -0.39 is 6.10 Å². The number of aliphatic hydroxyl groups excluding tert-OH is 1. The molecule has 1 aliphatic rings. The number of β-amino-alcohol motifs (C(OH)–C–C–N with tert-alkyl or cyclic N) is 1. The molecule has 2 heterocycles. The summed E-state index contributed by atoms with van der Waals surface area (Å²) >= 11 is 0. The monoisotopic (exact) mass is 252 g/mol. The first-order valence-electron chi connectivity index (χ1n) is 6.17. The summed E-state index contributed by atoms with van der Waals surface area (Å²) in [6.45, 7) is 2.99. The summed E-state index contributed by atoms with van der Waals surface area (Å²) in [5.41, 5.74) is 0.838. The highest BCUT2D eigenvalue weighted by Crippen LogP contribution is 2.22. The third-order valence-electron chi connectivity index (χ3n) is 3.29. The van der Waals surface area contributed by atoms with Gasteiger partial charge in [-0.25, -0.2) is 0 Å². The molecule has 1 aromatic heterocycles. The largest absolute Gasteiger partial charge is 0.459 e. The molecule has 1 aromatic rings. The molecule has 5 nitrogen and oxygen atoms in total. The minimum absolute atomic E-state index is 0.0481. The van der Waals surface area contributed by atoms with Crippen LogP contribution < -0.4 is 0 Å². The van der Waals surface area contributed by atoms with Crippen molar-refractivity contribution in [2.24, 2.45) is 0 Å². The molecule has 18 heavy (non-hydrogen) atoms. The molecule has 1 aliphatic heterocycles. The third-order valence-corrected chi connectivity index (χ3v) is 3.29. The van der Waals surface area contributed by atoms with Crippen molar-refractivity contribution in [1.82, 2.24) is 9.80 Å². The van der Waals surface area contributed by atoms with Crippen molar-refractivity contribution in [3.8, 4) is 0 Å². The Morgan fingerprint density at radius 1 is 1.61 bits per heavy atom. The van der Waals surface area contributed by atoms with Gasteiger partial charge in [0.2, 0.25) is 0 Å². The number of hydrogen-bond donors (Lipinski definition) is 1. The average Bonchev–Trinajstić information content (AvgIpc) is 2.83. The average molecular weight is 252 g/mol. The summed E-state index contributed by atoms with van der Waals surface area (Å²) in [4.78, 5) is 16.1. The van der Waals surface area contributed by atoms with Gasteiger partial charge >= 0.3 is 0 Å². The minimum Gasteiger partial charge on any atom is -0.459 e. The van der Waals surface area contributed by atoms with Crippen molar-refractivity contribution >= 4 is 5.91 Å². The second kappa shape index (κ2) is 5.12. The van der Waals surface area contributed by atoms with Crippen LogP contribution in [0.5, 0.6) is 0 Å². The Morgan fingerprint density at radius 3 is 2.89 bits per heavy atom. The molecule has 0 spiro atoms. The van der Waals surface area contributed by atoms with E-state index in [0.717, 1.165) is 12.1 Å². The van der Waals surface area contributed by atoms with E-state index in [2.05, 4.69) is 0 Å². The van der Waals surface area contributed by atoms with E-state index >= 15 is 0 Å². The number of likely N-dealkylation sites (N-methyl/N-ethyl adjacent to an activating group) is 1. The zero-order valence-electron chi connectivity index (χ0n) is 11.1. The normalized spacial score (nSPS) is 23.9. The summed E-state index contributed by atoms with van der Waals surface area (Å²) < 4.78 is 5.24. The van der Waals surface area contributed by atoms with Crippen LogP contribution in [-0.4, -0.2) is 60.1 Å². The highest BCUT2D eigenvalue weighted by molar-refractivity contribution is 5.93. The topological polar surface area (TPSA) is 56.9 Å². The van der Waals surface area contributed by atoms with Gasteiger partial charge in [0.1, 0.15) is 0 Å². The Bertz CT molecular complexity index is 428. The second-order valence-corrected chi connectivity index (χ2v) is 5.20. The standard InChI is InChI=1S/C13H20N2O3/c1-9-4-5-18-12(9)13(17)15-8-11(16)6-10(15)7-14(2)3/h4-5,10-11,16H,6-8H2,1-3H3/t10-,11-/m1/s1. The van der Waals surface area contributed by atoms with Crippen molar-refractivity contribution in [1.29, 1.82) is 0 Å². The molecule has 1 saturated heterocycles. The second-order valence-electron chi connectivity index (χ2n) is 5.20. The Labute approximate surface area is 107 Å². The number of carbonyl (C=O) groups excluding carboxylic acids is 1. The number of carbonyl (C=O) groups is 1. The third kappa shape index (κ3) is 2.57. The number of aryl methyl sites for hydroxylation is 1. The zero-order valence-corrected chi connectivity index (χ0v) is 11.1. The summed E-state index contributed by atoms with van der Waals surface area (Å²) in [6.07, 6.45) is 1.72. The van der Waals surface area contributed by atoms with Crippen molar-refractivity contribution in [2.45, 2.75) is 25.5 Å². The SMILES string of the molecule is Cc1ccoc1C(=O)N1C[C@H](O)C[C@@H]1CN(C)C. The highest BCUT2D eigenvalue weighted by Gasteiger charge is 2.36. The molecule has 2 atom stereocenters. The molecule has 1 N–H and O–H groups in total. The molecule has 100 valence electrons. The molecule has 5 heteroatoms. The zero-order chi connectivity index (χ0) is 13.3. The number of amides is 1. The van der Waals surface area contributed by atoms with E-state index in [9.17, 15) is 9.90 Å². The van der Waals surface area contributed by atoms with Crippen molar-refractivity contribution in [3.05, 3.63) is 23.7 Å². The molecule has 1 fully saturated rings. The van der Waals surface area contributed by atoms with Crippen LogP contribution in [-0.2, 0) is 0 Å². The van der Waals surface area contributed by atoms with Crippen LogP contribution in [0.3, 0.4) is 0 Å². The molecule has 1 amide bonds. The molecule has 0 saturated carbocycles. The van der Waals surface area contributed by atoms with Gasteiger partial charge in [-0.1, -0.05) is 0 Å². The summed E-state index contributed by atoms with van der Waals surface area (Å²) in [7, 11) is 3.93. The van der Waals surface area contributed by atoms with Crippen LogP contribution in [0.1, 0.15) is 22.5 Å². The van der Waals surface area contributed by atoms with E-state index in [1.54, 1.807) is 11.0 Å². The molecule has 0 aromatic carbocycles. The van der Waals surface area contributed by atoms with E-state index in [0.29, 0.717) is 18.7 Å². The maximum Gasteiger partial charge on any atom is 0.290 e. The lowest BCUT2D eigenvalue weighted by Crippen LogP contribution is -2.41. The number of furan rings is 1. The molecule has 2 rings (SSSR count). The van der Waals surface area contributed by atoms with Crippen LogP contribution in [0, 0.1) is 6.92 Å². The first-order valence-corrected chi connectivity index (χ1v) is 6.17. The highest BCUT2D eigenvalue weighted by atomic mass is 16.3. The van der Waals surface area contributed by atoms with Crippen LogP contribution in [0.15, 0.2) is 16.7 Å². The first-order chi connectivity index (χ1) is 8.49. The predicted octanol–water partition coefficient (Wildman–Crippen LogP) is 0.725. The maximum atomic E-state index is 12.4. The van der Waals surface area contributed by atoms with Crippen molar-refractivity contribution in [2.75, 3.05) is 27.2 Å². The lowest BCUT2D eigenvalue weighted by atomic mass is 10.2. The fourth-order valence-electron chi connectivity index (χ4n) is 2.46. The Balaban J connectivity index is 2.15. The Morgan fingerprint density at radius 2 is 2.33 bits per heavy atom. The van der Waals surface area contributed by atoms with Gasteiger partial charge < -0.3 is 19.3 Å². The fraction of sp³-hybridized carbons (Fsp3) is 0.615. The number of rotatable bonds is 3. The van der Waals surface area contributed by atoms with Crippen LogP contribution >= 0.6 is 0 Å². The van der Waals surface area contributed by atoms with Crippen LogP contribution in [0.4, 0.5) is 0 Å². The minimum atomic E-state index is -0.436. The van der Waals surface area contributed by atoms with Gasteiger partial charge in [0.15, 0.2) is 5.76 Å². The molecule has 0 unspecified atom stereocenters. The number of hydrogen-bond acceptors (Lipinski definition) is 4. The Hall–Kier alpha value is -1.33. The summed E-state index contributed by atoms with van der Waals surface area (Å²) in [6, 6.07) is 1.83. The molecular formula is C13H20N2O3. The van der Waals surface area contributed by atoms with Gasteiger partial charge in [-0.2, -0.15) is 0 Å².